The van der Waals surface area contributed by atoms with Crippen molar-refractivity contribution in [1.29, 1.82) is 0 Å². The van der Waals surface area contributed by atoms with Crippen molar-refractivity contribution in [2.45, 2.75) is 13.0 Å². The van der Waals surface area contributed by atoms with Crippen LogP contribution in [0.5, 0.6) is 11.5 Å². The molecule has 5 rings (SSSR count). The van der Waals surface area contributed by atoms with Gasteiger partial charge < -0.3 is 9.47 Å². The van der Waals surface area contributed by atoms with Gasteiger partial charge in [-0.2, -0.15) is 0 Å². The molecule has 0 N–H and O–H groups in total. The fourth-order valence-corrected chi connectivity index (χ4v) is 4.34. The maximum atomic E-state index is 13.4. The van der Waals surface area contributed by atoms with Crippen LogP contribution in [0, 0.1) is 12.8 Å². The largest absolute Gasteiger partial charge is 0.454 e. The summed E-state index contributed by atoms with van der Waals surface area (Å²) in [6, 6.07) is 18.0. The molecule has 2 heterocycles. The number of carbonyl (C=O) groups excluding carboxylic acids is 3. The van der Waals surface area contributed by atoms with E-state index in [-0.39, 0.29) is 6.79 Å². The van der Waals surface area contributed by atoms with Crippen LogP contribution in [0.25, 0.3) is 0 Å². The summed E-state index contributed by atoms with van der Waals surface area (Å²) < 4.78 is 10.9. The number of hydrogen-bond donors (Lipinski definition) is 0. The van der Waals surface area contributed by atoms with E-state index in [4.69, 9.17) is 21.1 Å². The van der Waals surface area contributed by atoms with Crippen LogP contribution in [0.1, 0.15) is 27.5 Å². The van der Waals surface area contributed by atoms with Crippen LogP contribution in [0.4, 0.5) is 5.69 Å². The van der Waals surface area contributed by atoms with Crippen LogP contribution >= 0.6 is 11.6 Å². The van der Waals surface area contributed by atoms with Gasteiger partial charge in [0.2, 0.25) is 12.6 Å². The maximum Gasteiger partial charge on any atom is 0.295 e. The van der Waals surface area contributed by atoms with Crippen LogP contribution in [-0.2, 0) is 9.59 Å². The summed E-state index contributed by atoms with van der Waals surface area (Å²) in [5.74, 6) is -2.04. The molecule has 3 aromatic rings. The molecular weight excluding hydrogens is 430 g/mol. The van der Waals surface area contributed by atoms with Gasteiger partial charge in [-0.1, -0.05) is 54.1 Å². The Morgan fingerprint density at radius 3 is 2.47 bits per heavy atom. The number of nitrogens with zero attached hydrogens (tertiary/aromatic N) is 1. The molecule has 7 heteroatoms. The lowest BCUT2D eigenvalue weighted by Crippen LogP contribution is -2.30. The summed E-state index contributed by atoms with van der Waals surface area (Å²) in [6.07, 6.45) is 0. The van der Waals surface area contributed by atoms with Gasteiger partial charge in [0.1, 0.15) is 5.92 Å². The van der Waals surface area contributed by atoms with E-state index in [9.17, 15) is 14.4 Å². The highest BCUT2D eigenvalue weighted by atomic mass is 35.5. The first-order valence-electron chi connectivity index (χ1n) is 10.1. The fourth-order valence-electron chi connectivity index (χ4n) is 4.16. The number of halogens is 1. The predicted molar refractivity (Wildman–Crippen MR) is 118 cm³/mol. The molecule has 32 heavy (non-hydrogen) atoms. The zero-order valence-corrected chi connectivity index (χ0v) is 17.8. The highest BCUT2D eigenvalue weighted by molar-refractivity contribution is 6.49. The minimum Gasteiger partial charge on any atom is -0.454 e. The van der Waals surface area contributed by atoms with Crippen molar-refractivity contribution in [3.63, 3.8) is 0 Å². The molecule has 3 aromatic carbocycles. The number of Topliss-reactive ketones (excluding diaryl/α,β-unsaturated/α-hetero) is 2. The van der Waals surface area contributed by atoms with Crippen molar-refractivity contribution in [3.8, 4) is 11.5 Å². The summed E-state index contributed by atoms with van der Waals surface area (Å²) in [7, 11) is 0. The van der Waals surface area contributed by atoms with E-state index in [2.05, 4.69) is 0 Å². The van der Waals surface area contributed by atoms with Crippen LogP contribution < -0.4 is 14.4 Å². The molecule has 0 aliphatic carbocycles. The highest BCUT2D eigenvalue weighted by Crippen LogP contribution is 2.44. The Bertz CT molecular complexity index is 1260. The Morgan fingerprint density at radius 2 is 1.72 bits per heavy atom. The smallest absolute Gasteiger partial charge is 0.295 e. The molecule has 0 radical (unpaired) electrons. The molecule has 0 bridgehead atoms. The number of aryl methyl sites for hydroxylation is 1. The van der Waals surface area contributed by atoms with Crippen molar-refractivity contribution in [1.82, 2.24) is 0 Å². The normalized spacial score (nSPS) is 19.5. The van der Waals surface area contributed by atoms with Gasteiger partial charge in [0.15, 0.2) is 17.3 Å². The molecule has 0 spiro atoms. The molecule has 2 aliphatic rings. The molecule has 1 saturated heterocycles. The first-order valence-corrected chi connectivity index (χ1v) is 10.5. The summed E-state index contributed by atoms with van der Waals surface area (Å²) in [6.45, 7) is 1.94. The number of ether oxygens (including phenoxy) is 2. The fraction of sp³-hybridized carbons (Fsp3) is 0.160. The molecule has 2 aliphatic heterocycles. The van der Waals surface area contributed by atoms with Crippen molar-refractivity contribution in [2.75, 3.05) is 11.7 Å². The lowest BCUT2D eigenvalue weighted by Gasteiger charge is -2.27. The number of carbonyl (C=O) groups is 3. The zero-order chi connectivity index (χ0) is 22.4. The van der Waals surface area contributed by atoms with Gasteiger partial charge in [-0.3, -0.25) is 19.3 Å². The minimum absolute atomic E-state index is 0.0883. The minimum atomic E-state index is -1.20. The number of hydrogen-bond acceptors (Lipinski definition) is 5. The van der Waals surface area contributed by atoms with Gasteiger partial charge in [0, 0.05) is 16.3 Å². The number of ketones is 2. The molecule has 0 saturated carbocycles. The summed E-state index contributed by atoms with van der Waals surface area (Å²) in [5, 5.41) is 0.463. The number of rotatable bonds is 4. The van der Waals surface area contributed by atoms with E-state index in [0.29, 0.717) is 33.3 Å². The molecular formula is C25H18ClNO5. The number of benzene rings is 3. The summed E-state index contributed by atoms with van der Waals surface area (Å²) in [5.41, 5.74) is 2.25. The maximum absolute atomic E-state index is 13.4. The van der Waals surface area contributed by atoms with Gasteiger partial charge in [0.25, 0.3) is 5.91 Å². The molecule has 6 nitrogen and oxygen atoms in total. The second-order valence-corrected chi connectivity index (χ2v) is 8.15. The van der Waals surface area contributed by atoms with Crippen LogP contribution in [0.2, 0.25) is 5.02 Å². The average Bonchev–Trinajstić information content (AvgIpc) is 3.38. The third-order valence-electron chi connectivity index (χ3n) is 5.82. The molecule has 0 aromatic heterocycles. The van der Waals surface area contributed by atoms with Crippen molar-refractivity contribution >= 4 is 34.8 Å². The van der Waals surface area contributed by atoms with Gasteiger partial charge in [-0.15, -0.1) is 0 Å². The van der Waals surface area contributed by atoms with Gasteiger partial charge in [0.05, 0.1) is 6.04 Å². The molecule has 160 valence electrons. The van der Waals surface area contributed by atoms with Crippen molar-refractivity contribution in [3.05, 3.63) is 88.4 Å². The average molecular weight is 448 g/mol. The van der Waals surface area contributed by atoms with Gasteiger partial charge >= 0.3 is 0 Å². The second kappa shape index (κ2) is 7.80. The van der Waals surface area contributed by atoms with E-state index >= 15 is 0 Å². The molecule has 1 amide bonds. The lowest BCUT2D eigenvalue weighted by molar-refractivity contribution is -0.135. The Hall–Kier alpha value is -3.64. The number of anilines is 1. The van der Waals surface area contributed by atoms with Crippen LogP contribution in [-0.4, -0.2) is 24.3 Å². The van der Waals surface area contributed by atoms with Gasteiger partial charge in [-0.25, -0.2) is 0 Å². The third-order valence-corrected chi connectivity index (χ3v) is 6.23. The first kappa shape index (κ1) is 20.3. The monoisotopic (exact) mass is 447 g/mol. The Labute approximate surface area is 189 Å². The Morgan fingerprint density at radius 1 is 0.969 bits per heavy atom. The SMILES string of the molecule is Cc1ccc(N2C(=O)C(=O)C(C(=O)c3ccccc3)C2c2ccc3c(c2)OCO3)cc1Cl. The molecule has 1 fully saturated rings. The highest BCUT2D eigenvalue weighted by Gasteiger charge is 2.52. The second-order valence-electron chi connectivity index (χ2n) is 7.74. The summed E-state index contributed by atoms with van der Waals surface area (Å²) in [4.78, 5) is 41.2. The molecule has 2 atom stereocenters. The standard InChI is InChI=1S/C25H18ClNO5/c1-14-7-9-17(12-18(14)26)27-22(16-8-10-19-20(11-16)32-13-31-19)21(24(29)25(27)30)23(28)15-5-3-2-4-6-15/h2-12,21-22H,13H2,1H3. The predicted octanol–water partition coefficient (Wildman–Crippen LogP) is 4.53. The topological polar surface area (TPSA) is 72.9 Å². The van der Waals surface area contributed by atoms with E-state index in [1.807, 2.05) is 6.92 Å². The van der Waals surface area contributed by atoms with Crippen molar-refractivity contribution in [2.24, 2.45) is 5.92 Å². The Balaban J connectivity index is 1.67. The van der Waals surface area contributed by atoms with Gasteiger partial charge in [-0.05, 0) is 42.3 Å². The Kier molecular flexibility index (Phi) is 4.94. The summed E-state index contributed by atoms with van der Waals surface area (Å²) >= 11 is 6.32. The lowest BCUT2D eigenvalue weighted by atomic mass is 9.86. The quantitative estimate of drug-likeness (QED) is 0.333. The van der Waals surface area contributed by atoms with Crippen LogP contribution in [0.15, 0.2) is 66.7 Å². The van der Waals surface area contributed by atoms with Crippen molar-refractivity contribution < 1.29 is 23.9 Å². The number of fused-ring (bicyclic) bond motifs is 1. The first-order chi connectivity index (χ1) is 15.5. The van der Waals surface area contributed by atoms with E-state index in [1.165, 1.54) is 4.90 Å². The number of amides is 1. The third kappa shape index (κ3) is 3.24. The van der Waals surface area contributed by atoms with E-state index in [1.54, 1.807) is 66.7 Å². The molecule has 2 unspecified atom stereocenters. The van der Waals surface area contributed by atoms with E-state index in [0.717, 1.165) is 5.56 Å². The van der Waals surface area contributed by atoms with Crippen LogP contribution in [0.3, 0.4) is 0 Å². The van der Waals surface area contributed by atoms with E-state index < -0.39 is 29.4 Å². The zero-order valence-electron chi connectivity index (χ0n) is 17.1.